The highest BCUT2D eigenvalue weighted by atomic mass is 19.1. The first-order valence-electron chi connectivity index (χ1n) is 5.39. The molecule has 0 aliphatic heterocycles. The maximum atomic E-state index is 13.3. The van der Waals surface area contributed by atoms with Crippen LogP contribution in [0.3, 0.4) is 0 Å². The third-order valence-electron chi connectivity index (χ3n) is 2.59. The Morgan fingerprint density at radius 3 is 2.24 bits per heavy atom. The van der Waals surface area contributed by atoms with Gasteiger partial charge < -0.3 is 5.32 Å². The van der Waals surface area contributed by atoms with E-state index in [1.54, 1.807) is 18.2 Å². The van der Waals surface area contributed by atoms with Crippen LogP contribution >= 0.6 is 0 Å². The van der Waals surface area contributed by atoms with Crippen LogP contribution in [0.4, 0.5) is 8.78 Å². The molecule has 0 spiro atoms. The molecule has 0 fully saturated rings. The van der Waals surface area contributed by atoms with Crippen LogP contribution in [0.1, 0.15) is 5.56 Å². The molecule has 0 saturated heterocycles. The summed E-state index contributed by atoms with van der Waals surface area (Å²) in [5.74, 6) is -0.579. The lowest BCUT2D eigenvalue weighted by molar-refractivity contribution is 0.626. The van der Waals surface area contributed by atoms with Crippen molar-refractivity contribution in [3.05, 3.63) is 59.7 Å². The quantitative estimate of drug-likeness (QED) is 0.857. The molecule has 1 N–H and O–H groups in total. The fourth-order valence-electron chi connectivity index (χ4n) is 1.79. The van der Waals surface area contributed by atoms with E-state index in [9.17, 15) is 8.78 Å². The minimum Gasteiger partial charge on any atom is -0.316 e. The largest absolute Gasteiger partial charge is 0.316 e. The number of rotatable bonds is 3. The van der Waals surface area contributed by atoms with Crippen LogP contribution in [-0.2, 0) is 6.54 Å². The molecular weight excluding hydrogens is 220 g/mol. The van der Waals surface area contributed by atoms with Gasteiger partial charge in [-0.3, -0.25) is 0 Å². The van der Waals surface area contributed by atoms with Gasteiger partial charge in [-0.05, 0) is 48.0 Å². The molecule has 0 heterocycles. The van der Waals surface area contributed by atoms with Crippen LogP contribution in [0, 0.1) is 11.6 Å². The summed E-state index contributed by atoms with van der Waals surface area (Å²) in [6.45, 7) is 0.646. The topological polar surface area (TPSA) is 12.0 Å². The molecule has 2 rings (SSSR count). The average molecular weight is 233 g/mol. The Labute approximate surface area is 99.1 Å². The molecule has 1 nitrogen and oxygen atoms in total. The van der Waals surface area contributed by atoms with Gasteiger partial charge in [-0.2, -0.15) is 0 Å². The second-order valence-corrected chi connectivity index (χ2v) is 3.84. The number of benzene rings is 2. The monoisotopic (exact) mass is 233 g/mol. The van der Waals surface area contributed by atoms with Crippen LogP contribution in [-0.4, -0.2) is 7.05 Å². The van der Waals surface area contributed by atoms with Gasteiger partial charge >= 0.3 is 0 Å². The maximum Gasteiger partial charge on any atom is 0.123 e. The number of hydrogen-bond acceptors (Lipinski definition) is 1. The number of hydrogen-bond donors (Lipinski definition) is 1. The van der Waals surface area contributed by atoms with Gasteiger partial charge in [-0.1, -0.05) is 18.2 Å². The van der Waals surface area contributed by atoms with Crippen molar-refractivity contribution in [3.63, 3.8) is 0 Å². The van der Waals surface area contributed by atoms with Crippen molar-refractivity contribution in [2.45, 2.75) is 6.54 Å². The number of halogens is 2. The lowest BCUT2D eigenvalue weighted by Crippen LogP contribution is -2.06. The molecule has 0 aliphatic carbocycles. The minimum atomic E-state index is -0.291. The summed E-state index contributed by atoms with van der Waals surface area (Å²) in [7, 11) is 1.83. The van der Waals surface area contributed by atoms with Crippen LogP contribution in [0.25, 0.3) is 11.1 Å². The third kappa shape index (κ3) is 2.68. The summed E-state index contributed by atoms with van der Waals surface area (Å²) in [5.41, 5.74) is 2.59. The van der Waals surface area contributed by atoms with Crippen molar-refractivity contribution < 1.29 is 8.78 Å². The molecule has 0 amide bonds. The van der Waals surface area contributed by atoms with Crippen molar-refractivity contribution in [1.29, 1.82) is 0 Å². The van der Waals surface area contributed by atoms with E-state index in [1.165, 1.54) is 24.3 Å². The van der Waals surface area contributed by atoms with Gasteiger partial charge in [0.15, 0.2) is 0 Å². The standard InChI is InChI=1S/C14H13F2N/c1-17-9-11-4-7-13(16)8-14(11)10-2-5-12(15)6-3-10/h2-8,17H,9H2,1H3. The van der Waals surface area contributed by atoms with Crippen molar-refractivity contribution in [2.75, 3.05) is 7.05 Å². The minimum absolute atomic E-state index is 0.288. The molecule has 2 aromatic carbocycles. The van der Waals surface area contributed by atoms with Gasteiger partial charge in [0.05, 0.1) is 0 Å². The first kappa shape index (κ1) is 11.7. The summed E-state index contributed by atoms with van der Waals surface area (Å²) in [6, 6.07) is 10.7. The summed E-state index contributed by atoms with van der Waals surface area (Å²) in [4.78, 5) is 0. The highest BCUT2D eigenvalue weighted by Gasteiger charge is 2.06. The molecule has 0 bridgehead atoms. The molecule has 2 aromatic rings. The Morgan fingerprint density at radius 2 is 1.59 bits per heavy atom. The van der Waals surface area contributed by atoms with Gasteiger partial charge in [0.25, 0.3) is 0 Å². The van der Waals surface area contributed by atoms with E-state index in [0.29, 0.717) is 6.54 Å². The lowest BCUT2D eigenvalue weighted by Gasteiger charge is -2.09. The molecule has 0 saturated carbocycles. The predicted molar refractivity (Wildman–Crippen MR) is 64.6 cm³/mol. The molecule has 0 radical (unpaired) electrons. The average Bonchev–Trinajstić information content (AvgIpc) is 2.33. The zero-order valence-electron chi connectivity index (χ0n) is 9.50. The summed E-state index contributed by atoms with van der Waals surface area (Å²) in [6.07, 6.45) is 0. The Balaban J connectivity index is 2.48. The van der Waals surface area contributed by atoms with Crippen molar-refractivity contribution in [1.82, 2.24) is 5.32 Å². The molecular formula is C14H13F2N. The fraction of sp³-hybridized carbons (Fsp3) is 0.143. The third-order valence-corrected chi connectivity index (χ3v) is 2.59. The first-order chi connectivity index (χ1) is 8.20. The molecule has 0 unspecified atom stereocenters. The van der Waals surface area contributed by atoms with Gasteiger partial charge in [0.2, 0.25) is 0 Å². The first-order valence-corrected chi connectivity index (χ1v) is 5.39. The summed E-state index contributed by atoms with van der Waals surface area (Å²) < 4.78 is 26.1. The van der Waals surface area contributed by atoms with Crippen molar-refractivity contribution in [3.8, 4) is 11.1 Å². The van der Waals surface area contributed by atoms with Crippen LogP contribution in [0.2, 0.25) is 0 Å². The smallest absolute Gasteiger partial charge is 0.123 e. The summed E-state index contributed by atoms with van der Waals surface area (Å²) >= 11 is 0. The highest BCUT2D eigenvalue weighted by molar-refractivity contribution is 5.67. The van der Waals surface area contributed by atoms with E-state index in [0.717, 1.165) is 16.7 Å². The molecule has 88 valence electrons. The van der Waals surface area contributed by atoms with E-state index in [2.05, 4.69) is 5.32 Å². The lowest BCUT2D eigenvalue weighted by atomic mass is 9.99. The van der Waals surface area contributed by atoms with Crippen molar-refractivity contribution in [2.24, 2.45) is 0 Å². The molecule has 3 heteroatoms. The molecule has 0 atom stereocenters. The van der Waals surface area contributed by atoms with E-state index in [1.807, 2.05) is 7.05 Å². The summed E-state index contributed by atoms with van der Waals surface area (Å²) in [5, 5.41) is 3.03. The SMILES string of the molecule is CNCc1ccc(F)cc1-c1ccc(F)cc1. The van der Waals surface area contributed by atoms with Crippen LogP contribution < -0.4 is 5.32 Å². The van der Waals surface area contributed by atoms with Crippen LogP contribution in [0.15, 0.2) is 42.5 Å². The fourth-order valence-corrected chi connectivity index (χ4v) is 1.79. The Bertz CT molecular complexity index is 506. The second-order valence-electron chi connectivity index (χ2n) is 3.84. The maximum absolute atomic E-state index is 13.3. The molecule has 17 heavy (non-hydrogen) atoms. The van der Waals surface area contributed by atoms with Gasteiger partial charge in [0, 0.05) is 6.54 Å². The molecule has 0 aliphatic rings. The van der Waals surface area contributed by atoms with E-state index < -0.39 is 0 Å². The van der Waals surface area contributed by atoms with Gasteiger partial charge in [0.1, 0.15) is 11.6 Å². The van der Waals surface area contributed by atoms with Crippen LogP contribution in [0.5, 0.6) is 0 Å². The van der Waals surface area contributed by atoms with E-state index in [4.69, 9.17) is 0 Å². The zero-order valence-corrected chi connectivity index (χ0v) is 9.50. The van der Waals surface area contributed by atoms with E-state index in [-0.39, 0.29) is 11.6 Å². The highest BCUT2D eigenvalue weighted by Crippen LogP contribution is 2.25. The zero-order chi connectivity index (χ0) is 12.3. The Hall–Kier alpha value is -1.74. The number of nitrogens with one attached hydrogen (secondary N) is 1. The Kier molecular flexibility index (Phi) is 3.49. The van der Waals surface area contributed by atoms with E-state index >= 15 is 0 Å². The predicted octanol–water partition coefficient (Wildman–Crippen LogP) is 3.35. The normalized spacial score (nSPS) is 10.5. The second kappa shape index (κ2) is 5.06. The molecule has 0 aromatic heterocycles. The van der Waals surface area contributed by atoms with Crippen molar-refractivity contribution >= 4 is 0 Å². The van der Waals surface area contributed by atoms with Gasteiger partial charge in [-0.25, -0.2) is 8.78 Å². The van der Waals surface area contributed by atoms with Gasteiger partial charge in [-0.15, -0.1) is 0 Å². The Morgan fingerprint density at radius 1 is 0.941 bits per heavy atom.